The lowest BCUT2D eigenvalue weighted by atomic mass is 9.52. The van der Waals surface area contributed by atoms with Gasteiger partial charge >= 0.3 is 0 Å². The van der Waals surface area contributed by atoms with Crippen LogP contribution in [-0.2, 0) is 0 Å². The van der Waals surface area contributed by atoms with Crippen molar-refractivity contribution < 1.29 is 0 Å². The summed E-state index contributed by atoms with van der Waals surface area (Å²) in [5.74, 6) is 3.28. The summed E-state index contributed by atoms with van der Waals surface area (Å²) < 4.78 is 0. The van der Waals surface area contributed by atoms with Crippen molar-refractivity contribution in [3.63, 3.8) is 0 Å². The topological polar surface area (TPSA) is 15.3 Å². The van der Waals surface area contributed by atoms with E-state index in [-0.39, 0.29) is 0 Å². The van der Waals surface area contributed by atoms with Crippen LogP contribution in [0.4, 0.5) is 0 Å². The molecule has 6 fully saturated rings. The minimum atomic E-state index is 0.515. The van der Waals surface area contributed by atoms with Gasteiger partial charge in [0, 0.05) is 30.7 Å². The Hall–Kier alpha value is -0.0800. The molecule has 5 aliphatic carbocycles. The van der Waals surface area contributed by atoms with Gasteiger partial charge in [-0.3, -0.25) is 4.90 Å². The first-order chi connectivity index (χ1) is 9.75. The van der Waals surface area contributed by atoms with Crippen molar-refractivity contribution in [3.05, 3.63) is 0 Å². The maximum atomic E-state index is 3.91. The van der Waals surface area contributed by atoms with E-state index in [1.165, 1.54) is 45.3 Å². The largest absolute Gasteiger partial charge is 0.309 e. The van der Waals surface area contributed by atoms with Crippen molar-refractivity contribution in [1.29, 1.82) is 0 Å². The lowest BCUT2D eigenvalue weighted by Crippen LogP contribution is -2.68. The highest BCUT2D eigenvalue weighted by molar-refractivity contribution is 5.10. The molecule has 6 rings (SSSR count). The highest BCUT2D eigenvalue weighted by Gasteiger charge is 2.55. The molecule has 20 heavy (non-hydrogen) atoms. The van der Waals surface area contributed by atoms with Crippen LogP contribution in [-0.4, -0.2) is 35.6 Å². The third-order valence-corrected chi connectivity index (χ3v) is 7.61. The fourth-order valence-electron chi connectivity index (χ4n) is 7.20. The summed E-state index contributed by atoms with van der Waals surface area (Å²) in [7, 11) is 0. The van der Waals surface area contributed by atoms with Crippen LogP contribution in [0.1, 0.15) is 64.2 Å². The van der Waals surface area contributed by atoms with Crippen molar-refractivity contribution in [3.8, 4) is 0 Å². The summed E-state index contributed by atoms with van der Waals surface area (Å²) >= 11 is 0. The molecule has 5 saturated carbocycles. The fourth-order valence-corrected chi connectivity index (χ4v) is 7.20. The highest BCUT2D eigenvalue weighted by Crippen LogP contribution is 2.58. The summed E-state index contributed by atoms with van der Waals surface area (Å²) in [6, 6.07) is 0. The van der Waals surface area contributed by atoms with Gasteiger partial charge in [0.15, 0.2) is 0 Å². The van der Waals surface area contributed by atoms with Crippen molar-refractivity contribution >= 4 is 0 Å². The molecular weight excluding hydrogens is 244 g/mol. The van der Waals surface area contributed by atoms with Gasteiger partial charge in [0.05, 0.1) is 0 Å². The molecule has 0 atom stereocenters. The van der Waals surface area contributed by atoms with Crippen LogP contribution in [0.2, 0.25) is 0 Å². The van der Waals surface area contributed by atoms with Gasteiger partial charge in [0.25, 0.3) is 0 Å². The molecule has 0 aromatic heterocycles. The molecule has 4 bridgehead atoms. The zero-order valence-corrected chi connectivity index (χ0v) is 12.9. The number of rotatable bonds is 1. The molecule has 1 spiro atoms. The Balaban J connectivity index is 1.41. The first kappa shape index (κ1) is 12.5. The van der Waals surface area contributed by atoms with E-state index in [1.54, 1.807) is 38.5 Å². The molecule has 0 aromatic rings. The monoisotopic (exact) mass is 274 g/mol. The van der Waals surface area contributed by atoms with Gasteiger partial charge in [-0.2, -0.15) is 0 Å². The summed E-state index contributed by atoms with van der Waals surface area (Å²) in [5.41, 5.74) is 1.16. The van der Waals surface area contributed by atoms with E-state index in [2.05, 4.69) is 10.2 Å². The molecule has 0 radical (unpaired) electrons. The number of piperazine rings is 1. The van der Waals surface area contributed by atoms with E-state index in [4.69, 9.17) is 0 Å². The number of nitrogens with zero attached hydrogens (tertiary/aromatic N) is 1. The first-order valence-corrected chi connectivity index (χ1v) is 9.26. The molecule has 1 N–H and O–H groups in total. The van der Waals surface area contributed by atoms with E-state index in [1.807, 2.05) is 0 Å². The Morgan fingerprint density at radius 2 is 1.45 bits per heavy atom. The van der Waals surface area contributed by atoms with Crippen LogP contribution in [0.3, 0.4) is 0 Å². The predicted octanol–water partition coefficient (Wildman–Crippen LogP) is 3.17. The molecule has 1 heterocycles. The molecule has 2 nitrogen and oxygen atoms in total. The van der Waals surface area contributed by atoms with Crippen LogP contribution in [0.25, 0.3) is 0 Å². The average Bonchev–Trinajstić information content (AvgIpc) is 2.85. The van der Waals surface area contributed by atoms with E-state index in [0.29, 0.717) is 11.1 Å². The molecule has 1 saturated heterocycles. The zero-order chi connectivity index (χ0) is 13.2. The highest BCUT2D eigenvalue weighted by atomic mass is 15.3. The third kappa shape index (κ3) is 1.76. The molecule has 6 aliphatic rings. The molecule has 0 aromatic carbocycles. The van der Waals surface area contributed by atoms with Crippen LogP contribution in [0.15, 0.2) is 0 Å². The minimum Gasteiger partial charge on any atom is -0.309 e. The van der Waals surface area contributed by atoms with Crippen LogP contribution in [0, 0.1) is 17.8 Å². The predicted molar refractivity (Wildman–Crippen MR) is 81.7 cm³/mol. The average molecular weight is 274 g/mol. The molecule has 0 amide bonds. The molecule has 112 valence electrons. The molecular formula is C18H30N2. The quantitative estimate of drug-likeness (QED) is 0.790. The van der Waals surface area contributed by atoms with Gasteiger partial charge in [-0.1, -0.05) is 12.8 Å². The summed E-state index contributed by atoms with van der Waals surface area (Å²) in [4.78, 5) is 3.00. The molecule has 1 aliphatic heterocycles. The molecule has 2 heteroatoms. The van der Waals surface area contributed by atoms with Gasteiger partial charge in [0.2, 0.25) is 0 Å². The second-order valence-electron chi connectivity index (χ2n) is 8.98. The number of hydrogen-bond donors (Lipinski definition) is 1. The van der Waals surface area contributed by atoms with Gasteiger partial charge in [-0.15, -0.1) is 0 Å². The smallest absolute Gasteiger partial charge is 0.0309 e. The number of nitrogens with one attached hydrogen (secondary N) is 1. The minimum absolute atomic E-state index is 0.515. The van der Waals surface area contributed by atoms with Crippen LogP contribution >= 0.6 is 0 Å². The van der Waals surface area contributed by atoms with E-state index in [0.717, 1.165) is 17.8 Å². The molecule has 0 unspecified atom stereocenters. The zero-order valence-electron chi connectivity index (χ0n) is 12.9. The van der Waals surface area contributed by atoms with E-state index in [9.17, 15) is 0 Å². The standard InChI is InChI=1S/C18H30N2/c1-2-4-17(3-1)13-20(6-5-19-17)18-10-14-7-15(11-18)9-16(8-14)12-18/h14-16,19H,1-13H2. The SMILES string of the molecule is C1CCC2(C1)CN(C13CC4CC(CC(C4)C1)C3)CCN2. The van der Waals surface area contributed by atoms with Crippen molar-refractivity contribution in [2.24, 2.45) is 17.8 Å². The summed E-state index contributed by atoms with van der Waals surface area (Å²) in [5, 5.41) is 3.91. The normalized spacial score (nSPS) is 50.1. The maximum Gasteiger partial charge on any atom is 0.0309 e. The van der Waals surface area contributed by atoms with Crippen molar-refractivity contribution in [2.75, 3.05) is 19.6 Å². The Labute approximate surface area is 123 Å². The Morgan fingerprint density at radius 3 is 2.05 bits per heavy atom. The lowest BCUT2D eigenvalue weighted by Gasteiger charge is -2.62. The lowest BCUT2D eigenvalue weighted by molar-refractivity contribution is -0.104. The van der Waals surface area contributed by atoms with Crippen LogP contribution in [0.5, 0.6) is 0 Å². The van der Waals surface area contributed by atoms with Crippen LogP contribution < -0.4 is 5.32 Å². The second kappa shape index (κ2) is 4.23. The van der Waals surface area contributed by atoms with Crippen molar-refractivity contribution in [2.45, 2.75) is 75.3 Å². The summed E-state index contributed by atoms with van der Waals surface area (Å²) in [6.45, 7) is 3.95. The van der Waals surface area contributed by atoms with Crippen molar-refractivity contribution in [1.82, 2.24) is 10.2 Å². The maximum absolute atomic E-state index is 3.91. The van der Waals surface area contributed by atoms with Gasteiger partial charge in [-0.05, 0) is 69.1 Å². The fraction of sp³-hybridized carbons (Fsp3) is 1.00. The van der Waals surface area contributed by atoms with E-state index >= 15 is 0 Å². The Bertz CT molecular complexity index is 361. The Morgan fingerprint density at radius 1 is 0.850 bits per heavy atom. The third-order valence-electron chi connectivity index (χ3n) is 7.61. The summed E-state index contributed by atoms with van der Waals surface area (Å²) in [6.07, 6.45) is 15.2. The first-order valence-electron chi connectivity index (χ1n) is 9.26. The van der Waals surface area contributed by atoms with Gasteiger partial charge in [-0.25, -0.2) is 0 Å². The van der Waals surface area contributed by atoms with E-state index < -0.39 is 0 Å². The number of hydrogen-bond acceptors (Lipinski definition) is 2. The van der Waals surface area contributed by atoms with Gasteiger partial charge < -0.3 is 5.32 Å². The second-order valence-corrected chi connectivity index (χ2v) is 8.98. The Kier molecular flexibility index (Phi) is 2.63. The van der Waals surface area contributed by atoms with Gasteiger partial charge in [0.1, 0.15) is 0 Å².